The Hall–Kier alpha value is -2.96. The van der Waals surface area contributed by atoms with Gasteiger partial charge in [0.1, 0.15) is 17.4 Å². The number of carbonyl (C=O) groups is 2. The minimum Gasteiger partial charge on any atom is -0.485 e. The normalized spacial score (nSPS) is 13.2. The average molecular weight is 468 g/mol. The Labute approximate surface area is 194 Å². The molecule has 1 N–H and O–H groups in total. The lowest BCUT2D eigenvalue weighted by atomic mass is 9.81. The summed E-state index contributed by atoms with van der Waals surface area (Å²) in [4.78, 5) is 29.6. The number of aliphatic carboxylic acids is 1. The molecule has 1 atom stereocenters. The second-order valence-electron chi connectivity index (χ2n) is 7.96. The molecule has 0 spiro atoms. The van der Waals surface area contributed by atoms with Gasteiger partial charge in [-0.3, -0.25) is 9.59 Å². The largest absolute Gasteiger partial charge is 0.485 e. The van der Waals surface area contributed by atoms with E-state index in [1.54, 1.807) is 19.9 Å². The first-order valence-electron chi connectivity index (χ1n) is 10.3. The minimum absolute atomic E-state index is 0.148. The maximum Gasteiger partial charge on any atom is 0.309 e. The van der Waals surface area contributed by atoms with E-state index in [9.17, 15) is 14.7 Å². The van der Waals surface area contributed by atoms with Crippen LogP contribution in [0, 0.1) is 5.41 Å². The molecule has 0 saturated carbocycles. The molecule has 0 radical (unpaired) electrons. The standard InChI is InChI=1S/C25H22ClNO4S/c1-3-25(2,24(29)30)13-20(28)17-12-18(26)15-8-4-5-9-16(15)23(17)31-14-22-27-19-10-6-7-11-21(19)32-22/h4-12H,3,13-14H2,1-2H3,(H,29,30). The second kappa shape index (κ2) is 8.88. The number of para-hydroxylation sites is 1. The summed E-state index contributed by atoms with van der Waals surface area (Å²) in [6, 6.07) is 16.9. The number of halogens is 1. The van der Waals surface area contributed by atoms with Gasteiger partial charge in [0.15, 0.2) is 5.78 Å². The van der Waals surface area contributed by atoms with Crippen molar-refractivity contribution in [1.82, 2.24) is 4.98 Å². The van der Waals surface area contributed by atoms with Crippen molar-refractivity contribution in [2.24, 2.45) is 5.41 Å². The van der Waals surface area contributed by atoms with Gasteiger partial charge in [0.05, 0.1) is 21.2 Å². The van der Waals surface area contributed by atoms with Crippen LogP contribution < -0.4 is 4.74 Å². The summed E-state index contributed by atoms with van der Waals surface area (Å²) in [5.74, 6) is -0.918. The molecule has 4 rings (SSSR count). The number of benzene rings is 3. The summed E-state index contributed by atoms with van der Waals surface area (Å²) in [6.07, 6.45) is 0.183. The van der Waals surface area contributed by atoms with Gasteiger partial charge in [-0.2, -0.15) is 0 Å². The lowest BCUT2D eigenvalue weighted by Gasteiger charge is -2.23. The van der Waals surface area contributed by atoms with Gasteiger partial charge in [-0.15, -0.1) is 11.3 Å². The molecule has 0 aliphatic heterocycles. The molecule has 0 aliphatic rings. The molecule has 0 aliphatic carbocycles. The first-order chi connectivity index (χ1) is 15.3. The molecule has 4 aromatic rings. The summed E-state index contributed by atoms with van der Waals surface area (Å²) >= 11 is 8.01. The third-order valence-electron chi connectivity index (χ3n) is 5.77. The van der Waals surface area contributed by atoms with E-state index in [0.717, 1.165) is 20.6 Å². The molecule has 0 amide bonds. The van der Waals surface area contributed by atoms with E-state index in [0.29, 0.717) is 22.6 Å². The number of carbonyl (C=O) groups excluding carboxylic acids is 1. The number of carboxylic acid groups (broad SMARTS) is 1. The van der Waals surface area contributed by atoms with Gasteiger partial charge < -0.3 is 9.84 Å². The van der Waals surface area contributed by atoms with Gasteiger partial charge in [-0.1, -0.05) is 54.9 Å². The molecule has 1 aromatic heterocycles. The van der Waals surface area contributed by atoms with E-state index in [4.69, 9.17) is 16.3 Å². The Balaban J connectivity index is 1.74. The maximum atomic E-state index is 13.3. The number of carboxylic acids is 1. The maximum absolute atomic E-state index is 13.3. The summed E-state index contributed by atoms with van der Waals surface area (Å²) in [6.45, 7) is 3.53. The number of hydrogen-bond acceptors (Lipinski definition) is 5. The monoisotopic (exact) mass is 467 g/mol. The first-order valence-corrected chi connectivity index (χ1v) is 11.5. The minimum atomic E-state index is -1.17. The van der Waals surface area contributed by atoms with E-state index in [2.05, 4.69) is 4.98 Å². The summed E-state index contributed by atoms with van der Waals surface area (Å²) in [7, 11) is 0. The van der Waals surface area contributed by atoms with Crippen LogP contribution in [-0.4, -0.2) is 21.8 Å². The quantitative estimate of drug-likeness (QED) is 0.290. The number of ether oxygens (including phenoxy) is 1. The first kappa shape index (κ1) is 22.2. The number of aromatic nitrogens is 1. The molecule has 3 aromatic carbocycles. The molecule has 0 fully saturated rings. The lowest BCUT2D eigenvalue weighted by molar-refractivity contribution is -0.148. The Kier molecular flexibility index (Phi) is 6.17. The Morgan fingerprint density at radius 3 is 2.50 bits per heavy atom. The van der Waals surface area contributed by atoms with Crippen molar-refractivity contribution in [3.63, 3.8) is 0 Å². The molecule has 5 nitrogen and oxygen atoms in total. The number of Topliss-reactive ketones (excluding diaryl/α,β-unsaturated/α-hetero) is 1. The van der Waals surface area contributed by atoms with Crippen molar-refractivity contribution in [3.8, 4) is 5.75 Å². The molecule has 0 saturated heterocycles. The van der Waals surface area contributed by atoms with Gasteiger partial charge in [0, 0.05) is 22.2 Å². The van der Waals surface area contributed by atoms with Crippen molar-refractivity contribution in [2.45, 2.75) is 33.3 Å². The van der Waals surface area contributed by atoms with Crippen LogP contribution in [0.25, 0.3) is 21.0 Å². The number of nitrogens with zero attached hydrogens (tertiary/aromatic N) is 1. The van der Waals surface area contributed by atoms with Crippen molar-refractivity contribution in [1.29, 1.82) is 0 Å². The highest BCUT2D eigenvalue weighted by Crippen LogP contribution is 2.38. The van der Waals surface area contributed by atoms with Gasteiger partial charge in [0.25, 0.3) is 0 Å². The summed E-state index contributed by atoms with van der Waals surface area (Å²) < 4.78 is 7.23. The van der Waals surface area contributed by atoms with E-state index < -0.39 is 11.4 Å². The number of rotatable bonds is 8. The SMILES string of the molecule is CCC(C)(CC(=O)c1cc(Cl)c2ccccc2c1OCc1nc2ccccc2s1)C(=O)O. The second-order valence-corrected chi connectivity index (χ2v) is 9.49. The third-order valence-corrected chi connectivity index (χ3v) is 7.09. The highest BCUT2D eigenvalue weighted by molar-refractivity contribution is 7.18. The van der Waals surface area contributed by atoms with Crippen molar-refractivity contribution in [3.05, 3.63) is 70.2 Å². The van der Waals surface area contributed by atoms with Crippen LogP contribution in [0.4, 0.5) is 0 Å². The topological polar surface area (TPSA) is 76.5 Å². The molecular formula is C25H22ClNO4S. The molecule has 0 bridgehead atoms. The van der Waals surface area contributed by atoms with E-state index in [-0.39, 0.29) is 24.4 Å². The fraction of sp³-hybridized carbons (Fsp3) is 0.240. The van der Waals surface area contributed by atoms with Crippen molar-refractivity contribution < 1.29 is 19.4 Å². The fourth-order valence-corrected chi connectivity index (χ4v) is 4.74. The summed E-state index contributed by atoms with van der Waals surface area (Å²) in [5, 5.41) is 12.3. The van der Waals surface area contributed by atoms with Crippen LogP contribution in [0.15, 0.2) is 54.6 Å². The van der Waals surface area contributed by atoms with E-state index >= 15 is 0 Å². The predicted octanol–water partition coefficient (Wildman–Crippen LogP) is 6.76. The smallest absolute Gasteiger partial charge is 0.309 e. The van der Waals surface area contributed by atoms with Gasteiger partial charge in [0.2, 0.25) is 0 Å². The predicted molar refractivity (Wildman–Crippen MR) is 128 cm³/mol. The highest BCUT2D eigenvalue weighted by atomic mass is 35.5. The molecule has 7 heteroatoms. The summed E-state index contributed by atoms with van der Waals surface area (Å²) in [5.41, 5.74) is 0.0174. The molecule has 1 heterocycles. The fourth-order valence-electron chi connectivity index (χ4n) is 3.58. The lowest BCUT2D eigenvalue weighted by Crippen LogP contribution is -2.29. The zero-order valence-electron chi connectivity index (χ0n) is 17.7. The van der Waals surface area contributed by atoms with Gasteiger partial charge in [-0.25, -0.2) is 4.98 Å². The van der Waals surface area contributed by atoms with Crippen LogP contribution >= 0.6 is 22.9 Å². The van der Waals surface area contributed by atoms with E-state index in [1.807, 2.05) is 48.5 Å². The molecule has 164 valence electrons. The highest BCUT2D eigenvalue weighted by Gasteiger charge is 2.35. The van der Waals surface area contributed by atoms with E-state index in [1.165, 1.54) is 11.3 Å². The zero-order chi connectivity index (χ0) is 22.9. The van der Waals surface area contributed by atoms with Crippen LogP contribution in [0.1, 0.15) is 42.1 Å². The number of fused-ring (bicyclic) bond motifs is 2. The van der Waals surface area contributed by atoms with Crippen molar-refractivity contribution >= 4 is 55.7 Å². The Morgan fingerprint density at radius 1 is 1.12 bits per heavy atom. The van der Waals surface area contributed by atoms with Crippen LogP contribution in [-0.2, 0) is 11.4 Å². The molecule has 32 heavy (non-hydrogen) atoms. The van der Waals surface area contributed by atoms with Crippen LogP contribution in [0.3, 0.4) is 0 Å². The van der Waals surface area contributed by atoms with Crippen LogP contribution in [0.2, 0.25) is 5.02 Å². The Morgan fingerprint density at radius 2 is 1.81 bits per heavy atom. The zero-order valence-corrected chi connectivity index (χ0v) is 19.3. The van der Waals surface area contributed by atoms with Gasteiger partial charge in [-0.05, 0) is 31.5 Å². The molecule has 1 unspecified atom stereocenters. The van der Waals surface area contributed by atoms with Gasteiger partial charge >= 0.3 is 5.97 Å². The Bertz CT molecular complexity index is 1300. The van der Waals surface area contributed by atoms with Crippen molar-refractivity contribution in [2.75, 3.05) is 0 Å². The van der Waals surface area contributed by atoms with Crippen LogP contribution in [0.5, 0.6) is 5.75 Å². The number of hydrogen-bond donors (Lipinski definition) is 1. The third kappa shape index (κ3) is 4.20. The average Bonchev–Trinajstić information content (AvgIpc) is 3.21. The number of thiazole rings is 1. The molecular weight excluding hydrogens is 446 g/mol. The number of ketones is 1.